The van der Waals surface area contributed by atoms with Crippen molar-refractivity contribution in [2.75, 3.05) is 5.32 Å². The molecule has 0 fully saturated rings. The van der Waals surface area contributed by atoms with Crippen molar-refractivity contribution in [2.24, 2.45) is 0 Å². The Morgan fingerprint density at radius 1 is 1.21 bits per heavy atom. The van der Waals surface area contributed by atoms with Gasteiger partial charge >= 0.3 is 5.97 Å². The van der Waals surface area contributed by atoms with Crippen LogP contribution in [0.15, 0.2) is 55.0 Å². The van der Waals surface area contributed by atoms with E-state index in [2.05, 4.69) is 37.9 Å². The van der Waals surface area contributed by atoms with Gasteiger partial charge in [0.1, 0.15) is 12.1 Å². The predicted octanol–water partition coefficient (Wildman–Crippen LogP) is 4.50. The summed E-state index contributed by atoms with van der Waals surface area (Å²) in [5, 5.41) is 12.5. The average Bonchev–Trinajstić information content (AvgIpc) is 2.57. The third-order valence-corrected chi connectivity index (χ3v) is 4.38. The highest BCUT2D eigenvalue weighted by Gasteiger charge is 2.09. The summed E-state index contributed by atoms with van der Waals surface area (Å²) >= 11 is 2.17. The zero-order valence-electron chi connectivity index (χ0n) is 12.8. The topological polar surface area (TPSA) is 75.1 Å². The Morgan fingerprint density at radius 3 is 2.79 bits per heavy atom. The van der Waals surface area contributed by atoms with Crippen molar-refractivity contribution in [1.82, 2.24) is 9.97 Å². The highest BCUT2D eigenvalue weighted by Crippen LogP contribution is 2.28. The summed E-state index contributed by atoms with van der Waals surface area (Å²) < 4.78 is 0.921. The van der Waals surface area contributed by atoms with Crippen molar-refractivity contribution in [3.63, 3.8) is 0 Å². The molecule has 3 rings (SSSR count). The van der Waals surface area contributed by atoms with Crippen molar-refractivity contribution in [3.8, 4) is 11.1 Å². The fourth-order valence-corrected chi connectivity index (χ4v) is 2.81. The molecule has 24 heavy (non-hydrogen) atoms. The maximum absolute atomic E-state index is 11.2. The first-order chi connectivity index (χ1) is 11.5. The van der Waals surface area contributed by atoms with Crippen LogP contribution in [0.25, 0.3) is 11.1 Å². The van der Waals surface area contributed by atoms with Crippen molar-refractivity contribution >= 4 is 40.1 Å². The number of halogens is 1. The Hall–Kier alpha value is -2.48. The molecule has 0 aliphatic carbocycles. The highest BCUT2D eigenvalue weighted by molar-refractivity contribution is 14.1. The zero-order chi connectivity index (χ0) is 17.1. The quantitative estimate of drug-likeness (QED) is 0.596. The summed E-state index contributed by atoms with van der Waals surface area (Å²) in [7, 11) is 0. The molecule has 0 atom stereocenters. The van der Waals surface area contributed by atoms with E-state index in [-0.39, 0.29) is 5.56 Å². The van der Waals surface area contributed by atoms with E-state index in [4.69, 9.17) is 0 Å². The maximum Gasteiger partial charge on any atom is 0.335 e. The molecule has 2 aromatic carbocycles. The number of benzene rings is 2. The van der Waals surface area contributed by atoms with Crippen molar-refractivity contribution in [1.29, 1.82) is 0 Å². The number of aryl methyl sites for hydroxylation is 1. The van der Waals surface area contributed by atoms with Gasteiger partial charge in [-0.1, -0.05) is 18.2 Å². The molecule has 1 aromatic heterocycles. The number of hydrogen-bond donors (Lipinski definition) is 2. The molecule has 0 saturated heterocycles. The van der Waals surface area contributed by atoms with Gasteiger partial charge in [0.2, 0.25) is 0 Å². The van der Waals surface area contributed by atoms with Crippen LogP contribution in [0.5, 0.6) is 0 Å². The molecule has 0 aliphatic rings. The molecular formula is C18H14IN3O2. The average molecular weight is 431 g/mol. The molecule has 0 radical (unpaired) electrons. The van der Waals surface area contributed by atoms with Gasteiger partial charge in [0.15, 0.2) is 0 Å². The van der Waals surface area contributed by atoms with E-state index in [1.165, 1.54) is 6.33 Å². The van der Waals surface area contributed by atoms with Gasteiger partial charge in [-0.25, -0.2) is 14.8 Å². The third-order valence-electron chi connectivity index (χ3n) is 3.59. The number of rotatable bonds is 4. The van der Waals surface area contributed by atoms with E-state index < -0.39 is 5.97 Å². The van der Waals surface area contributed by atoms with Gasteiger partial charge in [0, 0.05) is 11.9 Å². The lowest BCUT2D eigenvalue weighted by atomic mass is 9.98. The second-order valence-corrected chi connectivity index (χ2v) is 6.42. The molecular weight excluding hydrogens is 417 g/mol. The molecule has 0 spiro atoms. The summed E-state index contributed by atoms with van der Waals surface area (Å²) in [5.74, 6) is -0.195. The van der Waals surface area contributed by atoms with E-state index in [1.807, 2.05) is 37.3 Å². The smallest absolute Gasteiger partial charge is 0.335 e. The van der Waals surface area contributed by atoms with Gasteiger partial charge in [-0.05, 0) is 70.5 Å². The number of aromatic carboxylic acids is 1. The third kappa shape index (κ3) is 3.53. The molecule has 0 amide bonds. The Bertz CT molecular complexity index is 912. The van der Waals surface area contributed by atoms with Crippen LogP contribution >= 0.6 is 22.6 Å². The largest absolute Gasteiger partial charge is 0.478 e. The Morgan fingerprint density at radius 2 is 2.04 bits per heavy atom. The molecule has 6 heteroatoms. The molecule has 0 bridgehead atoms. The van der Waals surface area contributed by atoms with Gasteiger partial charge in [0.05, 0.1) is 9.13 Å². The molecule has 0 saturated carbocycles. The van der Waals surface area contributed by atoms with Crippen LogP contribution in [0.3, 0.4) is 0 Å². The Labute approximate surface area is 152 Å². The second kappa shape index (κ2) is 6.96. The van der Waals surface area contributed by atoms with Gasteiger partial charge in [-0.2, -0.15) is 0 Å². The lowest BCUT2D eigenvalue weighted by Gasteiger charge is -2.11. The number of aromatic nitrogens is 2. The first kappa shape index (κ1) is 16.4. The number of nitrogens with zero attached hydrogens (tertiary/aromatic N) is 2. The van der Waals surface area contributed by atoms with Crippen LogP contribution in [-0.2, 0) is 0 Å². The summed E-state index contributed by atoms with van der Waals surface area (Å²) in [4.78, 5) is 19.4. The number of nitrogens with one attached hydrogen (secondary N) is 1. The molecule has 1 heterocycles. The fraction of sp³-hybridized carbons (Fsp3) is 0.0556. The minimum atomic E-state index is -0.930. The summed E-state index contributed by atoms with van der Waals surface area (Å²) in [6.07, 6.45) is 3.23. The number of anilines is 2. The maximum atomic E-state index is 11.2. The molecule has 5 nitrogen and oxygen atoms in total. The van der Waals surface area contributed by atoms with Crippen molar-refractivity contribution in [2.45, 2.75) is 6.92 Å². The van der Waals surface area contributed by atoms with Gasteiger partial charge in [-0.15, -0.1) is 0 Å². The van der Waals surface area contributed by atoms with E-state index in [0.29, 0.717) is 0 Å². The highest BCUT2D eigenvalue weighted by atomic mass is 127. The van der Waals surface area contributed by atoms with Crippen LogP contribution in [0.4, 0.5) is 11.5 Å². The first-order valence-electron chi connectivity index (χ1n) is 7.21. The zero-order valence-corrected chi connectivity index (χ0v) is 15.0. The van der Waals surface area contributed by atoms with Crippen molar-refractivity contribution in [3.05, 3.63) is 69.7 Å². The first-order valence-corrected chi connectivity index (χ1v) is 8.29. The van der Waals surface area contributed by atoms with Crippen LogP contribution in [-0.4, -0.2) is 21.0 Å². The second-order valence-electron chi connectivity index (χ2n) is 5.26. The van der Waals surface area contributed by atoms with E-state index >= 15 is 0 Å². The number of carboxylic acid groups (broad SMARTS) is 1. The van der Waals surface area contributed by atoms with E-state index in [1.54, 1.807) is 18.3 Å². The molecule has 0 aliphatic heterocycles. The van der Waals surface area contributed by atoms with Crippen molar-refractivity contribution < 1.29 is 9.90 Å². The van der Waals surface area contributed by atoms with Crippen LogP contribution in [0, 0.1) is 10.5 Å². The number of carboxylic acids is 1. The van der Waals surface area contributed by atoms with Crippen LogP contribution in [0.2, 0.25) is 0 Å². The monoisotopic (exact) mass is 431 g/mol. The minimum Gasteiger partial charge on any atom is -0.478 e. The Balaban J connectivity index is 1.98. The van der Waals surface area contributed by atoms with Crippen LogP contribution in [0.1, 0.15) is 15.9 Å². The Kier molecular flexibility index (Phi) is 4.75. The lowest BCUT2D eigenvalue weighted by Crippen LogP contribution is -1.98. The van der Waals surface area contributed by atoms with E-state index in [9.17, 15) is 9.90 Å². The number of hydrogen-bond acceptors (Lipinski definition) is 4. The lowest BCUT2D eigenvalue weighted by molar-refractivity contribution is 0.0697. The summed E-state index contributed by atoms with van der Waals surface area (Å²) in [6, 6.07) is 13.0. The fourth-order valence-electron chi connectivity index (χ4n) is 2.37. The SMILES string of the molecule is Cc1ccc(C(=O)O)cc1-c1cccc(Nc2ncncc2I)c1. The summed E-state index contributed by atoms with van der Waals surface area (Å²) in [6.45, 7) is 1.97. The molecule has 0 unspecified atom stereocenters. The van der Waals surface area contributed by atoms with Gasteiger partial charge < -0.3 is 10.4 Å². The van der Waals surface area contributed by atoms with Gasteiger partial charge in [0.25, 0.3) is 0 Å². The van der Waals surface area contributed by atoms with Crippen LogP contribution < -0.4 is 5.32 Å². The summed E-state index contributed by atoms with van der Waals surface area (Å²) in [5.41, 5.74) is 4.03. The molecule has 120 valence electrons. The normalized spacial score (nSPS) is 10.4. The standard InChI is InChI=1S/C18H14IN3O2/c1-11-5-6-13(18(23)24)8-15(11)12-3-2-4-14(7-12)22-17-16(19)9-20-10-21-17/h2-10H,1H3,(H,23,24)(H,20,21,22). The number of carbonyl (C=O) groups is 1. The molecule has 2 N–H and O–H groups in total. The van der Waals surface area contributed by atoms with Gasteiger partial charge in [-0.3, -0.25) is 0 Å². The van der Waals surface area contributed by atoms with E-state index in [0.717, 1.165) is 31.8 Å². The predicted molar refractivity (Wildman–Crippen MR) is 102 cm³/mol. The molecule has 3 aromatic rings. The minimum absolute atomic E-state index is 0.277.